The van der Waals surface area contributed by atoms with Gasteiger partial charge in [-0.3, -0.25) is 0 Å². The van der Waals surface area contributed by atoms with Gasteiger partial charge < -0.3 is 9.47 Å². The van der Waals surface area contributed by atoms with E-state index in [-0.39, 0.29) is 0 Å². The quantitative estimate of drug-likeness (QED) is 0.431. The molecule has 19 heavy (non-hydrogen) atoms. The summed E-state index contributed by atoms with van der Waals surface area (Å²) in [7, 11) is 0. The molecule has 0 saturated carbocycles. The molecule has 1 aromatic rings. The van der Waals surface area contributed by atoms with Gasteiger partial charge in [-0.05, 0) is 30.5 Å². The van der Waals surface area contributed by atoms with Crippen molar-refractivity contribution in [2.75, 3.05) is 25.7 Å². The molecule has 0 radical (unpaired) electrons. The molecule has 0 aliphatic carbocycles. The summed E-state index contributed by atoms with van der Waals surface area (Å²) in [6.07, 6.45) is 1.09. The Bertz CT molecular complexity index is 418. The number of benzene rings is 1. The largest absolute Gasteiger partial charge is 0.491 e. The normalized spacial score (nSPS) is 10.1. The minimum absolute atomic E-state index is 0.342. The van der Waals surface area contributed by atoms with Gasteiger partial charge >= 0.3 is 0 Å². The van der Waals surface area contributed by atoms with E-state index in [1.54, 1.807) is 0 Å². The van der Waals surface area contributed by atoms with E-state index in [1.807, 2.05) is 24.3 Å². The molecular formula is C16H21ClO2. The smallest absolute Gasteiger partial charge is 0.120 e. The molecular weight excluding hydrogens is 260 g/mol. The number of hydrogen-bond acceptors (Lipinski definition) is 2. The van der Waals surface area contributed by atoms with Crippen LogP contribution in [0.15, 0.2) is 24.3 Å². The topological polar surface area (TPSA) is 18.5 Å². The van der Waals surface area contributed by atoms with Crippen molar-refractivity contribution in [1.29, 1.82) is 0 Å². The molecule has 1 rings (SSSR count). The van der Waals surface area contributed by atoms with Crippen molar-refractivity contribution in [3.8, 4) is 17.6 Å². The van der Waals surface area contributed by atoms with Gasteiger partial charge in [-0.25, -0.2) is 0 Å². The minimum Gasteiger partial charge on any atom is -0.491 e. The van der Waals surface area contributed by atoms with Gasteiger partial charge in [0.1, 0.15) is 12.4 Å². The predicted molar refractivity (Wildman–Crippen MR) is 79.8 cm³/mol. The molecule has 2 nitrogen and oxygen atoms in total. The first kappa shape index (κ1) is 15.9. The molecule has 3 heteroatoms. The zero-order valence-corrected chi connectivity index (χ0v) is 12.4. The summed E-state index contributed by atoms with van der Waals surface area (Å²) in [5, 5.41) is 0. The van der Waals surface area contributed by atoms with E-state index in [4.69, 9.17) is 21.1 Å². The van der Waals surface area contributed by atoms with Crippen LogP contribution < -0.4 is 4.74 Å². The van der Waals surface area contributed by atoms with Crippen molar-refractivity contribution >= 4 is 11.6 Å². The van der Waals surface area contributed by atoms with E-state index in [0.717, 1.165) is 24.3 Å². The Morgan fingerprint density at radius 3 is 2.79 bits per heavy atom. The summed E-state index contributed by atoms with van der Waals surface area (Å²) < 4.78 is 11.1. The van der Waals surface area contributed by atoms with Gasteiger partial charge in [-0.1, -0.05) is 31.8 Å². The Morgan fingerprint density at radius 2 is 2.05 bits per heavy atom. The Balaban J connectivity index is 2.25. The molecule has 0 N–H and O–H groups in total. The van der Waals surface area contributed by atoms with Crippen LogP contribution in [0.2, 0.25) is 0 Å². The Hall–Kier alpha value is -1.17. The Labute approximate surface area is 121 Å². The van der Waals surface area contributed by atoms with Crippen molar-refractivity contribution in [3.05, 3.63) is 29.8 Å². The highest BCUT2D eigenvalue weighted by molar-refractivity contribution is 6.19. The lowest BCUT2D eigenvalue weighted by Gasteiger charge is -2.08. The van der Waals surface area contributed by atoms with Gasteiger partial charge in [-0.15, -0.1) is 11.6 Å². The molecule has 104 valence electrons. The second-order valence-electron chi connectivity index (χ2n) is 4.61. The van der Waals surface area contributed by atoms with Crippen molar-refractivity contribution in [2.45, 2.75) is 20.3 Å². The van der Waals surface area contributed by atoms with Gasteiger partial charge in [0.25, 0.3) is 0 Å². The fourth-order valence-corrected chi connectivity index (χ4v) is 1.51. The summed E-state index contributed by atoms with van der Waals surface area (Å²) in [4.78, 5) is 0. The molecule has 1 aromatic carbocycles. The van der Waals surface area contributed by atoms with Crippen LogP contribution in [0.4, 0.5) is 0 Å². The highest BCUT2D eigenvalue weighted by Gasteiger charge is 1.96. The van der Waals surface area contributed by atoms with Crippen LogP contribution in [0.5, 0.6) is 5.75 Å². The highest BCUT2D eigenvalue weighted by Crippen LogP contribution is 2.12. The Kier molecular flexibility index (Phi) is 8.13. The van der Waals surface area contributed by atoms with Crippen LogP contribution in [0.25, 0.3) is 0 Å². The summed E-state index contributed by atoms with van der Waals surface area (Å²) >= 11 is 5.52. The first-order chi connectivity index (χ1) is 9.22. The molecule has 0 saturated heterocycles. The molecule has 0 unspecified atom stereocenters. The number of hydrogen-bond donors (Lipinski definition) is 0. The first-order valence-electron chi connectivity index (χ1n) is 6.58. The molecule has 0 aliphatic rings. The molecule has 0 aromatic heterocycles. The second kappa shape index (κ2) is 9.72. The average molecular weight is 281 g/mol. The molecule has 0 fully saturated rings. The van der Waals surface area contributed by atoms with Crippen molar-refractivity contribution < 1.29 is 9.47 Å². The monoisotopic (exact) mass is 280 g/mol. The molecule has 0 amide bonds. The lowest BCUT2D eigenvalue weighted by Crippen LogP contribution is -2.08. The lowest BCUT2D eigenvalue weighted by atomic mass is 10.1. The summed E-state index contributed by atoms with van der Waals surface area (Å²) in [6, 6.07) is 7.69. The van der Waals surface area contributed by atoms with E-state index in [1.165, 1.54) is 0 Å². The summed E-state index contributed by atoms with van der Waals surface area (Å²) in [6.45, 7) is 6.34. The fraction of sp³-hybridized carbons (Fsp3) is 0.500. The number of halogens is 1. The minimum atomic E-state index is 0.342. The van der Waals surface area contributed by atoms with Crippen LogP contribution in [0.1, 0.15) is 25.8 Å². The number of rotatable bonds is 7. The lowest BCUT2D eigenvalue weighted by molar-refractivity contribution is 0.0926. The number of alkyl halides is 1. The van der Waals surface area contributed by atoms with Gasteiger partial charge in [0.05, 0.1) is 12.5 Å². The van der Waals surface area contributed by atoms with E-state index < -0.39 is 0 Å². The van der Waals surface area contributed by atoms with E-state index >= 15 is 0 Å². The predicted octanol–water partition coefficient (Wildman–Crippen LogP) is 3.72. The van der Waals surface area contributed by atoms with E-state index in [2.05, 4.69) is 25.7 Å². The van der Waals surface area contributed by atoms with Crippen molar-refractivity contribution in [1.82, 2.24) is 0 Å². The van der Waals surface area contributed by atoms with Crippen LogP contribution in [0, 0.1) is 17.8 Å². The SMILES string of the molecule is CC(C)CCOCCOc1cccc(C#CCCl)c1. The summed E-state index contributed by atoms with van der Waals surface area (Å²) in [5.41, 5.74) is 0.916. The van der Waals surface area contributed by atoms with Crippen molar-refractivity contribution in [2.24, 2.45) is 5.92 Å². The second-order valence-corrected chi connectivity index (χ2v) is 4.87. The molecule has 0 atom stereocenters. The third-order valence-electron chi connectivity index (χ3n) is 2.47. The van der Waals surface area contributed by atoms with Crippen LogP contribution in [0.3, 0.4) is 0 Å². The number of ether oxygens (including phenoxy) is 2. The highest BCUT2D eigenvalue weighted by atomic mass is 35.5. The first-order valence-corrected chi connectivity index (χ1v) is 7.11. The Morgan fingerprint density at radius 1 is 1.21 bits per heavy atom. The van der Waals surface area contributed by atoms with E-state index in [9.17, 15) is 0 Å². The molecule has 0 aliphatic heterocycles. The maximum Gasteiger partial charge on any atom is 0.120 e. The van der Waals surface area contributed by atoms with Crippen LogP contribution in [-0.4, -0.2) is 25.7 Å². The van der Waals surface area contributed by atoms with Gasteiger partial charge in [0.15, 0.2) is 0 Å². The molecule has 0 heterocycles. The third-order valence-corrected chi connectivity index (χ3v) is 2.60. The van der Waals surface area contributed by atoms with Crippen LogP contribution in [-0.2, 0) is 4.74 Å². The van der Waals surface area contributed by atoms with Gasteiger partial charge in [0.2, 0.25) is 0 Å². The van der Waals surface area contributed by atoms with E-state index in [0.29, 0.717) is 25.0 Å². The zero-order chi connectivity index (χ0) is 13.9. The molecule has 0 spiro atoms. The fourth-order valence-electron chi connectivity index (χ4n) is 1.44. The standard InChI is InChI=1S/C16H21ClO2/c1-14(2)8-10-18-11-12-19-16-7-3-5-15(13-16)6-4-9-17/h3,5,7,13-14H,8-12H2,1-2H3. The average Bonchev–Trinajstić information content (AvgIpc) is 2.40. The summed E-state index contributed by atoms with van der Waals surface area (Å²) in [5.74, 6) is 7.62. The van der Waals surface area contributed by atoms with Gasteiger partial charge in [-0.2, -0.15) is 0 Å². The maximum absolute atomic E-state index is 5.61. The van der Waals surface area contributed by atoms with Gasteiger partial charge in [0, 0.05) is 12.2 Å². The molecule has 0 bridgehead atoms. The zero-order valence-electron chi connectivity index (χ0n) is 11.6. The van der Waals surface area contributed by atoms with Crippen LogP contribution >= 0.6 is 11.6 Å². The maximum atomic E-state index is 5.61. The van der Waals surface area contributed by atoms with Crippen molar-refractivity contribution in [3.63, 3.8) is 0 Å². The third kappa shape index (κ3) is 7.77.